The Morgan fingerprint density at radius 1 is 1.39 bits per heavy atom. The summed E-state index contributed by atoms with van der Waals surface area (Å²) in [7, 11) is 0. The number of nitrogens with one attached hydrogen (secondary N) is 1. The van der Waals surface area contributed by atoms with Crippen molar-refractivity contribution in [2.24, 2.45) is 0 Å². The van der Waals surface area contributed by atoms with Crippen LogP contribution in [0.5, 0.6) is 0 Å². The van der Waals surface area contributed by atoms with Crippen molar-refractivity contribution < 1.29 is 4.42 Å². The number of aryl methyl sites for hydroxylation is 3. The van der Waals surface area contributed by atoms with Crippen LogP contribution >= 0.6 is 0 Å². The zero-order chi connectivity index (χ0) is 13.1. The highest BCUT2D eigenvalue weighted by Gasteiger charge is 2.08. The second-order valence-electron chi connectivity index (χ2n) is 4.77. The average Bonchev–Trinajstić information content (AvgIpc) is 2.84. The molecule has 0 saturated heterocycles. The smallest absolute Gasteiger partial charge is 0.208 e. The third-order valence-electron chi connectivity index (χ3n) is 2.90. The van der Waals surface area contributed by atoms with Crippen LogP contribution in [-0.4, -0.2) is 20.8 Å². The summed E-state index contributed by atoms with van der Waals surface area (Å²) < 4.78 is 7.47. The number of oxazole rings is 1. The molecule has 2 aromatic heterocycles. The molecule has 5 heteroatoms. The Bertz CT molecular complexity index is 495. The molecule has 1 N–H and O–H groups in total. The Morgan fingerprint density at radius 2 is 2.17 bits per heavy atom. The maximum absolute atomic E-state index is 5.52. The van der Waals surface area contributed by atoms with Gasteiger partial charge in [0.25, 0.3) is 0 Å². The van der Waals surface area contributed by atoms with Crippen LogP contribution in [0.25, 0.3) is 0 Å². The Labute approximate surface area is 107 Å². The summed E-state index contributed by atoms with van der Waals surface area (Å²) in [5.74, 6) is 1.63. The molecule has 0 aliphatic carbocycles. The van der Waals surface area contributed by atoms with Crippen molar-refractivity contribution >= 4 is 0 Å². The minimum Gasteiger partial charge on any atom is -0.444 e. The first-order valence-electron chi connectivity index (χ1n) is 6.20. The number of hydrogen-bond donors (Lipinski definition) is 1. The van der Waals surface area contributed by atoms with Crippen LogP contribution in [-0.2, 0) is 13.1 Å². The van der Waals surface area contributed by atoms with Gasteiger partial charge in [-0.15, -0.1) is 0 Å². The standard InChI is InChI=1S/C13H20N4O/c1-9-5-15-17(7-9)8-10(2)14-6-13-16-11(3)12(4)18-13/h5,7,10,14H,6,8H2,1-4H3. The average molecular weight is 248 g/mol. The van der Waals surface area contributed by atoms with Crippen molar-refractivity contribution in [1.29, 1.82) is 0 Å². The Morgan fingerprint density at radius 3 is 2.72 bits per heavy atom. The summed E-state index contributed by atoms with van der Waals surface area (Å²) >= 11 is 0. The first-order valence-corrected chi connectivity index (χ1v) is 6.20. The summed E-state index contributed by atoms with van der Waals surface area (Å²) in [5, 5.41) is 7.65. The summed E-state index contributed by atoms with van der Waals surface area (Å²) in [4.78, 5) is 4.34. The second kappa shape index (κ2) is 5.35. The highest BCUT2D eigenvalue weighted by Crippen LogP contribution is 2.08. The molecule has 0 aliphatic heterocycles. The van der Waals surface area contributed by atoms with Crippen molar-refractivity contribution in [3.8, 4) is 0 Å². The lowest BCUT2D eigenvalue weighted by molar-refractivity contribution is 0.400. The van der Waals surface area contributed by atoms with E-state index in [1.807, 2.05) is 37.8 Å². The van der Waals surface area contributed by atoms with Crippen LogP contribution in [0.3, 0.4) is 0 Å². The fourth-order valence-corrected chi connectivity index (χ4v) is 1.79. The van der Waals surface area contributed by atoms with Crippen LogP contribution in [0.15, 0.2) is 16.8 Å². The van der Waals surface area contributed by atoms with E-state index in [4.69, 9.17) is 4.42 Å². The van der Waals surface area contributed by atoms with Gasteiger partial charge < -0.3 is 9.73 Å². The third kappa shape index (κ3) is 3.20. The van der Waals surface area contributed by atoms with E-state index in [0.717, 1.165) is 23.9 Å². The molecule has 0 radical (unpaired) electrons. The zero-order valence-corrected chi connectivity index (χ0v) is 11.4. The molecular formula is C13H20N4O. The fourth-order valence-electron chi connectivity index (χ4n) is 1.79. The Kier molecular flexibility index (Phi) is 3.81. The van der Waals surface area contributed by atoms with Crippen LogP contribution < -0.4 is 5.32 Å². The minimum absolute atomic E-state index is 0.316. The van der Waals surface area contributed by atoms with Gasteiger partial charge in [-0.3, -0.25) is 4.68 Å². The lowest BCUT2D eigenvalue weighted by atomic mass is 10.3. The van der Waals surface area contributed by atoms with E-state index in [1.54, 1.807) is 0 Å². The Balaban J connectivity index is 1.83. The molecule has 2 aromatic rings. The van der Waals surface area contributed by atoms with E-state index in [1.165, 1.54) is 5.56 Å². The molecule has 0 saturated carbocycles. The molecule has 0 fully saturated rings. The maximum atomic E-state index is 5.52. The minimum atomic E-state index is 0.316. The third-order valence-corrected chi connectivity index (χ3v) is 2.90. The second-order valence-corrected chi connectivity index (χ2v) is 4.77. The molecule has 0 aromatic carbocycles. The van der Waals surface area contributed by atoms with E-state index in [-0.39, 0.29) is 0 Å². The molecule has 0 aliphatic rings. The van der Waals surface area contributed by atoms with Crippen LogP contribution in [0.4, 0.5) is 0 Å². The van der Waals surface area contributed by atoms with Gasteiger partial charge in [-0.05, 0) is 33.3 Å². The summed E-state index contributed by atoms with van der Waals surface area (Å²) in [6.07, 6.45) is 3.91. The molecule has 1 atom stereocenters. The molecule has 0 bridgehead atoms. The quantitative estimate of drug-likeness (QED) is 0.879. The number of aromatic nitrogens is 3. The van der Waals surface area contributed by atoms with Gasteiger partial charge in [-0.25, -0.2) is 4.98 Å². The van der Waals surface area contributed by atoms with E-state index in [0.29, 0.717) is 12.6 Å². The monoisotopic (exact) mass is 248 g/mol. The number of rotatable bonds is 5. The lowest BCUT2D eigenvalue weighted by Crippen LogP contribution is -2.30. The molecule has 0 spiro atoms. The van der Waals surface area contributed by atoms with Crippen LogP contribution in [0.1, 0.15) is 29.8 Å². The van der Waals surface area contributed by atoms with Gasteiger partial charge >= 0.3 is 0 Å². The molecular weight excluding hydrogens is 228 g/mol. The summed E-state index contributed by atoms with van der Waals surface area (Å²) in [6.45, 7) is 9.54. The van der Waals surface area contributed by atoms with Gasteiger partial charge in [0, 0.05) is 12.2 Å². The SMILES string of the molecule is Cc1cnn(CC(C)NCc2nc(C)c(C)o2)c1. The lowest BCUT2D eigenvalue weighted by Gasteiger charge is -2.12. The van der Waals surface area contributed by atoms with Crippen molar-refractivity contribution in [1.82, 2.24) is 20.1 Å². The van der Waals surface area contributed by atoms with Gasteiger partial charge in [0.2, 0.25) is 5.89 Å². The molecule has 2 rings (SSSR count). The predicted molar refractivity (Wildman–Crippen MR) is 69.2 cm³/mol. The first kappa shape index (κ1) is 12.8. The van der Waals surface area contributed by atoms with E-state index < -0.39 is 0 Å². The largest absolute Gasteiger partial charge is 0.444 e. The molecule has 5 nitrogen and oxygen atoms in total. The molecule has 1 unspecified atom stereocenters. The molecule has 98 valence electrons. The highest BCUT2D eigenvalue weighted by molar-refractivity contribution is 5.05. The van der Waals surface area contributed by atoms with E-state index in [2.05, 4.69) is 22.3 Å². The fraction of sp³-hybridized carbons (Fsp3) is 0.538. The maximum Gasteiger partial charge on any atom is 0.208 e. The van der Waals surface area contributed by atoms with Crippen molar-refractivity contribution in [3.63, 3.8) is 0 Å². The normalized spacial score (nSPS) is 12.9. The summed E-state index contributed by atoms with van der Waals surface area (Å²) in [6, 6.07) is 0.316. The molecule has 0 amide bonds. The van der Waals surface area contributed by atoms with Gasteiger partial charge in [0.15, 0.2) is 0 Å². The molecule has 18 heavy (non-hydrogen) atoms. The van der Waals surface area contributed by atoms with Gasteiger partial charge in [-0.2, -0.15) is 5.10 Å². The zero-order valence-electron chi connectivity index (χ0n) is 11.4. The topological polar surface area (TPSA) is 55.9 Å². The number of hydrogen-bond acceptors (Lipinski definition) is 4. The van der Waals surface area contributed by atoms with Gasteiger partial charge in [-0.1, -0.05) is 0 Å². The van der Waals surface area contributed by atoms with Gasteiger partial charge in [0.1, 0.15) is 5.76 Å². The van der Waals surface area contributed by atoms with Crippen LogP contribution in [0.2, 0.25) is 0 Å². The Hall–Kier alpha value is -1.62. The van der Waals surface area contributed by atoms with Crippen molar-refractivity contribution in [2.45, 2.75) is 46.8 Å². The predicted octanol–water partition coefficient (Wildman–Crippen LogP) is 1.97. The first-order chi connectivity index (χ1) is 8.54. The summed E-state index contributed by atoms with van der Waals surface area (Å²) in [5.41, 5.74) is 2.14. The van der Waals surface area contributed by atoms with Crippen LogP contribution in [0, 0.1) is 20.8 Å². The van der Waals surface area contributed by atoms with Gasteiger partial charge in [0.05, 0.1) is 25.0 Å². The number of nitrogens with zero attached hydrogens (tertiary/aromatic N) is 3. The van der Waals surface area contributed by atoms with Crippen molar-refractivity contribution in [3.05, 3.63) is 35.3 Å². The van der Waals surface area contributed by atoms with E-state index in [9.17, 15) is 0 Å². The van der Waals surface area contributed by atoms with Crippen molar-refractivity contribution in [2.75, 3.05) is 0 Å². The molecule has 2 heterocycles. The van der Waals surface area contributed by atoms with E-state index >= 15 is 0 Å². The highest BCUT2D eigenvalue weighted by atomic mass is 16.4.